The van der Waals surface area contributed by atoms with Gasteiger partial charge in [0.2, 0.25) is 0 Å². The summed E-state index contributed by atoms with van der Waals surface area (Å²) in [5, 5.41) is 15.1. The van der Waals surface area contributed by atoms with Crippen LogP contribution in [0.5, 0.6) is 0 Å². The number of nitrogens with zero attached hydrogens (tertiary/aromatic N) is 3. The first-order valence-electron chi connectivity index (χ1n) is 5.85. The van der Waals surface area contributed by atoms with Crippen molar-refractivity contribution in [1.29, 1.82) is 5.41 Å². The van der Waals surface area contributed by atoms with Gasteiger partial charge in [-0.1, -0.05) is 17.7 Å². The van der Waals surface area contributed by atoms with Crippen molar-refractivity contribution in [2.45, 2.75) is 18.9 Å². The zero-order chi connectivity index (χ0) is 13.4. The van der Waals surface area contributed by atoms with Crippen LogP contribution in [0.3, 0.4) is 0 Å². The van der Waals surface area contributed by atoms with Crippen molar-refractivity contribution in [2.75, 3.05) is 0 Å². The lowest BCUT2D eigenvalue weighted by Crippen LogP contribution is -2.06. The van der Waals surface area contributed by atoms with E-state index in [-0.39, 0.29) is 17.0 Å². The van der Waals surface area contributed by atoms with E-state index < -0.39 is 0 Å². The summed E-state index contributed by atoms with van der Waals surface area (Å²) in [6.45, 7) is 0. The Bertz CT molecular complexity index is 648. The fourth-order valence-electron chi connectivity index (χ4n) is 2.34. The van der Waals surface area contributed by atoms with Gasteiger partial charge in [-0.05, 0) is 24.1 Å². The number of aliphatic imine (C=N–C) groups is 1. The average Bonchev–Trinajstić information content (AvgIpc) is 2.84. The van der Waals surface area contributed by atoms with Crippen molar-refractivity contribution in [3.63, 3.8) is 0 Å². The summed E-state index contributed by atoms with van der Waals surface area (Å²) in [5.74, 6) is -0.209. The van der Waals surface area contributed by atoms with Gasteiger partial charge in [-0.3, -0.25) is 4.99 Å². The molecule has 6 heteroatoms. The molecule has 1 aromatic heterocycles. The Hall–Kier alpha value is -1.88. The molecule has 0 bridgehead atoms. The second-order valence-corrected chi connectivity index (χ2v) is 4.78. The predicted octanol–water partition coefficient (Wildman–Crippen LogP) is 2.87. The summed E-state index contributed by atoms with van der Waals surface area (Å²) in [5.41, 5.74) is 2.47. The largest absolute Gasteiger partial charge is 0.306 e. The number of hydrogen-bond acceptors (Lipinski definition) is 4. The van der Waals surface area contributed by atoms with Crippen LogP contribution in [-0.4, -0.2) is 28.2 Å². The number of aromatic nitrogens is 2. The van der Waals surface area contributed by atoms with E-state index in [1.165, 1.54) is 6.08 Å². The van der Waals surface area contributed by atoms with Crippen LogP contribution in [0, 0.1) is 5.41 Å². The van der Waals surface area contributed by atoms with Crippen LogP contribution in [0.2, 0.25) is 5.15 Å². The normalized spacial score (nSPS) is 21.4. The molecule has 2 heterocycles. The fourth-order valence-corrected chi connectivity index (χ4v) is 2.48. The zero-order valence-corrected chi connectivity index (χ0v) is 10.7. The van der Waals surface area contributed by atoms with Crippen molar-refractivity contribution >= 4 is 23.5 Å². The van der Waals surface area contributed by atoms with E-state index in [0.29, 0.717) is 35.4 Å². The minimum Gasteiger partial charge on any atom is -0.306 e. The van der Waals surface area contributed by atoms with E-state index in [1.54, 1.807) is 12.1 Å². The molecule has 1 N–H and O–H groups in total. The number of allylic oxidation sites excluding steroid dienone is 2. The van der Waals surface area contributed by atoms with E-state index in [9.17, 15) is 4.39 Å². The molecular weight excluding hydrogens is 267 g/mol. The van der Waals surface area contributed by atoms with Crippen LogP contribution >= 0.6 is 11.6 Å². The van der Waals surface area contributed by atoms with Crippen LogP contribution in [0.25, 0.3) is 0 Å². The molecule has 1 atom stereocenters. The summed E-state index contributed by atoms with van der Waals surface area (Å²) >= 11 is 5.83. The van der Waals surface area contributed by atoms with Gasteiger partial charge in [0.1, 0.15) is 11.5 Å². The van der Waals surface area contributed by atoms with Crippen molar-refractivity contribution in [3.05, 3.63) is 46.0 Å². The Kier molecular flexibility index (Phi) is 2.98. The summed E-state index contributed by atoms with van der Waals surface area (Å²) in [6, 6.07) is 1.49. The van der Waals surface area contributed by atoms with Crippen molar-refractivity contribution < 1.29 is 4.39 Å². The molecule has 0 radical (unpaired) electrons. The molecule has 0 aromatic carbocycles. The highest BCUT2D eigenvalue weighted by molar-refractivity contribution is 6.30. The van der Waals surface area contributed by atoms with Gasteiger partial charge in [-0.25, -0.2) is 4.39 Å². The standard InChI is InChI=1S/C13H10ClFN4/c14-13-5-8(12(6-16)18-19-13)11-4-7-9(15)2-1-3-10(7)17-11/h1-2,5-6,10,16H,3-4H2. The van der Waals surface area contributed by atoms with Gasteiger partial charge in [0.25, 0.3) is 0 Å². The van der Waals surface area contributed by atoms with Crippen LogP contribution in [-0.2, 0) is 0 Å². The first-order valence-corrected chi connectivity index (χ1v) is 6.22. The van der Waals surface area contributed by atoms with Crippen molar-refractivity contribution in [1.82, 2.24) is 10.2 Å². The molecule has 2 aliphatic rings. The maximum absolute atomic E-state index is 13.7. The SMILES string of the molecule is N=Cc1nnc(Cl)cc1C1=NC2CC=CC(F)=C2C1. The number of nitrogens with one attached hydrogen (secondary N) is 1. The quantitative estimate of drug-likeness (QED) is 0.844. The van der Waals surface area contributed by atoms with Gasteiger partial charge < -0.3 is 5.41 Å². The highest BCUT2D eigenvalue weighted by atomic mass is 35.5. The Morgan fingerprint density at radius 3 is 3.00 bits per heavy atom. The molecule has 0 saturated carbocycles. The molecule has 0 amide bonds. The summed E-state index contributed by atoms with van der Waals surface area (Å²) in [4.78, 5) is 4.52. The fraction of sp³-hybridized carbons (Fsp3) is 0.231. The number of rotatable bonds is 2. The molecule has 1 unspecified atom stereocenters. The smallest absolute Gasteiger partial charge is 0.152 e. The third-order valence-corrected chi connectivity index (χ3v) is 3.43. The Balaban J connectivity index is 2.04. The van der Waals surface area contributed by atoms with Crippen LogP contribution in [0.15, 0.2) is 34.6 Å². The second-order valence-electron chi connectivity index (χ2n) is 4.39. The molecule has 1 aliphatic carbocycles. The van der Waals surface area contributed by atoms with Gasteiger partial charge in [-0.2, -0.15) is 0 Å². The second kappa shape index (κ2) is 4.66. The molecule has 3 rings (SSSR count). The topological polar surface area (TPSA) is 62.0 Å². The lowest BCUT2D eigenvalue weighted by Gasteiger charge is -2.11. The molecular formula is C13H10ClFN4. The molecule has 1 aliphatic heterocycles. The van der Waals surface area contributed by atoms with Gasteiger partial charge in [0, 0.05) is 23.9 Å². The highest BCUT2D eigenvalue weighted by Gasteiger charge is 2.29. The zero-order valence-electron chi connectivity index (χ0n) is 9.90. The summed E-state index contributed by atoms with van der Waals surface area (Å²) in [7, 11) is 0. The van der Waals surface area contributed by atoms with E-state index >= 15 is 0 Å². The predicted molar refractivity (Wildman–Crippen MR) is 71.8 cm³/mol. The van der Waals surface area contributed by atoms with E-state index in [0.717, 1.165) is 6.21 Å². The lowest BCUT2D eigenvalue weighted by molar-refractivity contribution is 0.619. The first-order chi connectivity index (χ1) is 9.19. The Morgan fingerprint density at radius 1 is 1.42 bits per heavy atom. The minimum atomic E-state index is -0.209. The minimum absolute atomic E-state index is 0.134. The van der Waals surface area contributed by atoms with Crippen LogP contribution < -0.4 is 0 Å². The summed E-state index contributed by atoms with van der Waals surface area (Å²) in [6.07, 6.45) is 5.51. The molecule has 19 heavy (non-hydrogen) atoms. The Morgan fingerprint density at radius 2 is 2.26 bits per heavy atom. The molecule has 4 nitrogen and oxygen atoms in total. The maximum atomic E-state index is 13.7. The van der Waals surface area contributed by atoms with E-state index in [1.807, 2.05) is 0 Å². The molecule has 96 valence electrons. The van der Waals surface area contributed by atoms with Gasteiger partial charge in [-0.15, -0.1) is 10.2 Å². The maximum Gasteiger partial charge on any atom is 0.152 e. The van der Waals surface area contributed by atoms with Gasteiger partial charge >= 0.3 is 0 Å². The van der Waals surface area contributed by atoms with Gasteiger partial charge in [0.05, 0.1) is 6.04 Å². The van der Waals surface area contributed by atoms with Crippen molar-refractivity contribution in [2.24, 2.45) is 4.99 Å². The monoisotopic (exact) mass is 276 g/mol. The number of hydrogen-bond donors (Lipinski definition) is 1. The summed E-state index contributed by atoms with van der Waals surface area (Å²) < 4.78 is 13.7. The van der Waals surface area contributed by atoms with Crippen LogP contribution in [0.1, 0.15) is 24.1 Å². The number of halogens is 2. The van der Waals surface area contributed by atoms with Gasteiger partial charge in [0.15, 0.2) is 5.15 Å². The Labute approximate surface area is 114 Å². The van der Waals surface area contributed by atoms with E-state index in [4.69, 9.17) is 17.0 Å². The van der Waals surface area contributed by atoms with Crippen LogP contribution in [0.4, 0.5) is 4.39 Å². The average molecular weight is 277 g/mol. The van der Waals surface area contributed by atoms with E-state index in [2.05, 4.69) is 15.2 Å². The molecule has 0 saturated heterocycles. The van der Waals surface area contributed by atoms with Crippen molar-refractivity contribution in [3.8, 4) is 0 Å². The highest BCUT2D eigenvalue weighted by Crippen LogP contribution is 2.33. The molecule has 0 fully saturated rings. The third kappa shape index (κ3) is 2.10. The molecule has 1 aromatic rings. The first kappa shape index (κ1) is 12.2. The molecule has 0 spiro atoms. The third-order valence-electron chi connectivity index (χ3n) is 3.24. The lowest BCUT2D eigenvalue weighted by atomic mass is 9.96. The number of fused-ring (bicyclic) bond motifs is 1.